The third-order valence-electron chi connectivity index (χ3n) is 1.63. The number of hydrazine groups is 1. The van der Waals surface area contributed by atoms with Crippen molar-refractivity contribution < 1.29 is 5.10 Å². The monoisotopic (exact) mass is 229 g/mol. The molecule has 5 heteroatoms. The minimum absolute atomic E-state index is 0.745. The lowest BCUT2D eigenvalue weighted by atomic mass is 10.3. The second kappa shape index (κ2) is 4.36. The summed E-state index contributed by atoms with van der Waals surface area (Å²) < 4.78 is 3.46. The summed E-state index contributed by atoms with van der Waals surface area (Å²) in [4.78, 5) is 0. The highest BCUT2D eigenvalue weighted by Crippen LogP contribution is 2.39. The molecule has 1 unspecified atom stereocenters. The Morgan fingerprint density at radius 3 is 2.77 bits per heavy atom. The fourth-order valence-electron chi connectivity index (χ4n) is 1.01. The third-order valence-corrected chi connectivity index (χ3v) is 5.64. The van der Waals surface area contributed by atoms with Gasteiger partial charge in [0.1, 0.15) is 13.6 Å². The van der Waals surface area contributed by atoms with Crippen molar-refractivity contribution in [2.45, 2.75) is 0 Å². The van der Waals surface area contributed by atoms with Crippen molar-refractivity contribution in [3.8, 4) is 0 Å². The van der Waals surface area contributed by atoms with Crippen molar-refractivity contribution >= 4 is 41.1 Å². The van der Waals surface area contributed by atoms with E-state index in [2.05, 4.69) is 40.4 Å². The molecule has 13 heavy (non-hydrogen) atoms. The van der Waals surface area contributed by atoms with Crippen LogP contribution in [0, 0.1) is 0 Å². The Hall–Kier alpha value is -0.180. The minimum Gasteiger partial charge on any atom is -0.129 e. The van der Waals surface area contributed by atoms with Gasteiger partial charge in [0.25, 0.3) is 0 Å². The van der Waals surface area contributed by atoms with Crippen LogP contribution >= 0.6 is 31.1 Å². The number of rotatable bonds is 1. The van der Waals surface area contributed by atoms with E-state index in [1.165, 1.54) is 10.1 Å². The van der Waals surface area contributed by atoms with E-state index in [0.29, 0.717) is 0 Å². The zero-order chi connectivity index (χ0) is 9.10. The second-order valence-corrected chi connectivity index (χ2v) is 5.94. The van der Waals surface area contributed by atoms with E-state index in [4.69, 9.17) is 0 Å². The van der Waals surface area contributed by atoms with Gasteiger partial charge in [0.15, 0.2) is 0 Å². The van der Waals surface area contributed by atoms with Crippen LogP contribution in [-0.2, 0) is 0 Å². The maximum Gasteiger partial charge on any atom is 0.302 e. The van der Waals surface area contributed by atoms with Gasteiger partial charge in [-0.15, -0.1) is 9.88 Å². The second-order valence-electron chi connectivity index (χ2n) is 2.47. The van der Waals surface area contributed by atoms with Gasteiger partial charge < -0.3 is 0 Å². The van der Waals surface area contributed by atoms with Crippen LogP contribution in [0.15, 0.2) is 30.3 Å². The molecule has 0 aromatic heterocycles. The smallest absolute Gasteiger partial charge is 0.129 e. The Morgan fingerprint density at radius 2 is 2.15 bits per heavy atom. The summed E-state index contributed by atoms with van der Waals surface area (Å²) in [5.41, 5.74) is 1.23. The van der Waals surface area contributed by atoms with Gasteiger partial charge in [-0.2, -0.15) is 0 Å². The lowest BCUT2D eigenvalue weighted by Gasteiger charge is -2.04. The predicted molar refractivity (Wildman–Crippen MR) is 64.3 cm³/mol. The number of hydrazone groups is 1. The molecule has 0 aliphatic carbocycles. The molecule has 1 heterocycles. The van der Waals surface area contributed by atoms with Crippen LogP contribution in [-0.4, -0.2) is 10.6 Å². The molecule has 0 spiro atoms. The Morgan fingerprint density at radius 1 is 1.38 bits per heavy atom. The third kappa shape index (κ3) is 2.19. The van der Waals surface area contributed by atoms with Crippen LogP contribution in [0.5, 0.6) is 0 Å². The van der Waals surface area contributed by atoms with Gasteiger partial charge in [-0.3, -0.25) is 0 Å². The number of nitrogens with zero attached hydrogens (tertiary/aromatic N) is 1. The molecule has 1 aliphatic heterocycles. The number of benzene rings is 1. The van der Waals surface area contributed by atoms with Crippen molar-refractivity contribution in [3.05, 3.63) is 30.3 Å². The average Bonchev–Trinajstić information content (AvgIpc) is 2.67. The highest BCUT2D eigenvalue weighted by molar-refractivity contribution is 8.65. The molecule has 0 saturated carbocycles. The van der Waals surface area contributed by atoms with E-state index in [1.54, 1.807) is 11.8 Å². The quantitative estimate of drug-likeness (QED) is 0.735. The number of hydrogen-bond donors (Lipinski definition) is 1. The summed E-state index contributed by atoms with van der Waals surface area (Å²) in [6, 6.07) is 10.4. The number of nitrogens with one attached hydrogen (secondary N) is 1. The fraction of sp³-hybridized carbons (Fsp3) is 0.125. The maximum absolute atomic E-state index is 3.35. The summed E-state index contributed by atoms with van der Waals surface area (Å²) >= 11 is 3.63. The molecular formula is C8H10N2PS2+. The molecule has 1 aromatic rings. The van der Waals surface area contributed by atoms with Crippen LogP contribution in [0.3, 0.4) is 0 Å². The van der Waals surface area contributed by atoms with Gasteiger partial charge in [0.05, 0.1) is 0 Å². The van der Waals surface area contributed by atoms with E-state index in [0.717, 1.165) is 7.93 Å². The highest BCUT2D eigenvalue weighted by atomic mass is 32.7. The first kappa shape index (κ1) is 9.38. The van der Waals surface area contributed by atoms with E-state index >= 15 is 0 Å². The van der Waals surface area contributed by atoms with E-state index in [9.17, 15) is 0 Å². The largest absolute Gasteiger partial charge is 0.302 e. The fourth-order valence-corrected chi connectivity index (χ4v) is 4.60. The first-order valence-electron chi connectivity index (χ1n) is 3.85. The van der Waals surface area contributed by atoms with Gasteiger partial charge in [-0.1, -0.05) is 30.0 Å². The normalized spacial score (nSPS) is 17.9. The number of hydrogen-bond acceptors (Lipinski definition) is 3. The molecule has 68 valence electrons. The maximum atomic E-state index is 3.35. The molecule has 0 saturated heterocycles. The molecule has 1 atom stereocenters. The Kier molecular flexibility index (Phi) is 3.14. The zero-order valence-electron chi connectivity index (χ0n) is 7.15. The lowest BCUT2D eigenvalue weighted by Crippen LogP contribution is -2.78. The Labute approximate surface area is 87.7 Å². The zero-order valence-corrected chi connectivity index (χ0v) is 9.78. The topological polar surface area (TPSA) is 17.2 Å². The van der Waals surface area contributed by atoms with Crippen LogP contribution < -0.4 is 9.88 Å². The van der Waals surface area contributed by atoms with Crippen molar-refractivity contribution in [2.75, 3.05) is 11.0 Å². The molecule has 1 aromatic carbocycles. The molecular weight excluding hydrogens is 219 g/mol. The van der Waals surface area contributed by atoms with Gasteiger partial charge in [-0.25, -0.2) is 0 Å². The first-order valence-corrected chi connectivity index (χ1v) is 7.57. The molecule has 0 radical (unpaired) electrons. The van der Waals surface area contributed by atoms with E-state index in [1.807, 2.05) is 17.4 Å². The SMILES string of the molecule is CSC1=[NH+]N(c2ccccc2)PS1. The summed E-state index contributed by atoms with van der Waals surface area (Å²) in [6.45, 7) is 0. The van der Waals surface area contributed by atoms with Crippen molar-refractivity contribution in [2.24, 2.45) is 0 Å². The Bertz CT molecular complexity index is 315. The van der Waals surface area contributed by atoms with Crippen LogP contribution in [0.2, 0.25) is 0 Å². The summed E-state index contributed by atoms with van der Waals surface area (Å²) in [6.07, 6.45) is 2.09. The standard InChI is InChI=1S/C8H9N2PS2/c1-12-8-9-10(11-13-8)7-5-3-2-4-6-7/h2-6,11H,1H3/p+1. The van der Waals surface area contributed by atoms with Gasteiger partial charge in [0, 0.05) is 11.4 Å². The lowest BCUT2D eigenvalue weighted by molar-refractivity contribution is -0.441. The summed E-state index contributed by atoms with van der Waals surface area (Å²) in [5.74, 6) is 0. The van der Waals surface area contributed by atoms with Crippen molar-refractivity contribution in [1.82, 2.24) is 0 Å². The Balaban J connectivity index is 2.16. The summed E-state index contributed by atoms with van der Waals surface area (Å²) in [5, 5.41) is 3.35. The molecule has 2 rings (SSSR count). The van der Waals surface area contributed by atoms with Crippen LogP contribution in [0.25, 0.3) is 0 Å². The van der Waals surface area contributed by atoms with Gasteiger partial charge >= 0.3 is 4.38 Å². The molecule has 1 aliphatic rings. The highest BCUT2D eigenvalue weighted by Gasteiger charge is 2.22. The number of anilines is 1. The molecule has 0 bridgehead atoms. The molecule has 1 N–H and O–H groups in total. The van der Waals surface area contributed by atoms with Crippen molar-refractivity contribution in [1.29, 1.82) is 0 Å². The van der Waals surface area contributed by atoms with E-state index < -0.39 is 0 Å². The molecule has 2 nitrogen and oxygen atoms in total. The van der Waals surface area contributed by atoms with Crippen molar-refractivity contribution in [3.63, 3.8) is 0 Å². The molecule has 0 fully saturated rings. The van der Waals surface area contributed by atoms with E-state index in [-0.39, 0.29) is 0 Å². The predicted octanol–water partition coefficient (Wildman–Crippen LogP) is 1.46. The minimum atomic E-state index is 0.745. The van der Waals surface area contributed by atoms with Crippen LogP contribution in [0.1, 0.15) is 0 Å². The number of thioether (sulfide) groups is 1. The van der Waals surface area contributed by atoms with Gasteiger partial charge in [-0.05, 0) is 18.4 Å². The average molecular weight is 229 g/mol. The first-order chi connectivity index (χ1) is 6.40. The number of para-hydroxylation sites is 1. The molecule has 0 amide bonds. The van der Waals surface area contributed by atoms with Gasteiger partial charge in [0.2, 0.25) is 0 Å². The summed E-state index contributed by atoms with van der Waals surface area (Å²) in [7, 11) is 0.745. The van der Waals surface area contributed by atoms with Crippen LogP contribution in [0.4, 0.5) is 5.69 Å².